The smallest absolute Gasteiger partial charge is 0.257 e. The molecule has 0 aliphatic carbocycles. The molecular weight excluding hydrogens is 278 g/mol. The number of halogens is 3. The lowest BCUT2D eigenvalue weighted by atomic mass is 10.3. The second-order valence-electron chi connectivity index (χ2n) is 3.67. The second kappa shape index (κ2) is 9.52. The predicted octanol–water partition coefficient (Wildman–Crippen LogP) is 1.49. The number of amides is 1. The Morgan fingerprint density at radius 2 is 2.05 bits per heavy atom. The van der Waals surface area contributed by atoms with Crippen LogP contribution in [0, 0.1) is 11.6 Å². The molecule has 0 heterocycles. The van der Waals surface area contributed by atoms with Crippen LogP contribution in [0.2, 0.25) is 0 Å². The topological polar surface area (TPSA) is 50.4 Å². The average Bonchev–Trinajstić information content (AvgIpc) is 2.33. The molecule has 19 heavy (non-hydrogen) atoms. The molecule has 0 fully saturated rings. The summed E-state index contributed by atoms with van der Waals surface area (Å²) < 4.78 is 30.7. The molecule has 0 aromatic heterocycles. The molecular formula is C12H17ClF2N2O2. The standard InChI is InChI=1S/C12H16F2N2O2.ClH/c1-15-5-2-6-16-12(17)8-18-11-4-3-9(13)7-10(11)14;/h3-4,7,15H,2,5-6,8H2,1H3,(H,16,17);1H. The third kappa shape index (κ3) is 6.93. The van der Waals surface area contributed by atoms with Crippen LogP contribution in [0.25, 0.3) is 0 Å². The van der Waals surface area contributed by atoms with Crippen molar-refractivity contribution in [1.82, 2.24) is 10.6 Å². The molecule has 2 N–H and O–H groups in total. The zero-order valence-electron chi connectivity index (χ0n) is 10.5. The third-order valence-electron chi connectivity index (χ3n) is 2.18. The fourth-order valence-corrected chi connectivity index (χ4v) is 1.28. The van der Waals surface area contributed by atoms with E-state index in [2.05, 4.69) is 10.6 Å². The van der Waals surface area contributed by atoms with Gasteiger partial charge in [0, 0.05) is 12.6 Å². The Morgan fingerprint density at radius 1 is 1.32 bits per heavy atom. The van der Waals surface area contributed by atoms with Gasteiger partial charge in [0.1, 0.15) is 5.82 Å². The summed E-state index contributed by atoms with van der Waals surface area (Å²) in [5.74, 6) is -1.98. The predicted molar refractivity (Wildman–Crippen MR) is 70.7 cm³/mol. The van der Waals surface area contributed by atoms with Crippen LogP contribution in [0.4, 0.5) is 8.78 Å². The first-order valence-corrected chi connectivity index (χ1v) is 5.62. The van der Waals surface area contributed by atoms with Gasteiger partial charge in [-0.3, -0.25) is 4.79 Å². The maximum Gasteiger partial charge on any atom is 0.257 e. The fourth-order valence-electron chi connectivity index (χ4n) is 1.28. The molecule has 0 saturated carbocycles. The summed E-state index contributed by atoms with van der Waals surface area (Å²) in [7, 11) is 1.82. The Labute approximate surface area is 116 Å². The molecule has 0 spiro atoms. The van der Waals surface area contributed by atoms with Crippen molar-refractivity contribution in [3.05, 3.63) is 29.8 Å². The van der Waals surface area contributed by atoms with E-state index in [-0.39, 0.29) is 30.7 Å². The van der Waals surface area contributed by atoms with E-state index in [1.54, 1.807) is 0 Å². The first-order chi connectivity index (χ1) is 8.63. The number of hydrogen-bond donors (Lipinski definition) is 2. The van der Waals surface area contributed by atoms with Gasteiger partial charge in [-0.05, 0) is 32.1 Å². The highest BCUT2D eigenvalue weighted by Gasteiger charge is 2.07. The quantitative estimate of drug-likeness (QED) is 0.749. The van der Waals surface area contributed by atoms with Crippen molar-refractivity contribution in [3.8, 4) is 5.75 Å². The average molecular weight is 295 g/mol. The summed E-state index contributed by atoms with van der Waals surface area (Å²) in [5, 5.41) is 5.56. The zero-order valence-corrected chi connectivity index (χ0v) is 11.4. The summed E-state index contributed by atoms with van der Waals surface area (Å²) >= 11 is 0. The van der Waals surface area contributed by atoms with Crippen molar-refractivity contribution in [1.29, 1.82) is 0 Å². The lowest BCUT2D eigenvalue weighted by molar-refractivity contribution is -0.123. The molecule has 7 heteroatoms. The Hall–Kier alpha value is -1.40. The van der Waals surface area contributed by atoms with Crippen molar-refractivity contribution in [2.75, 3.05) is 26.7 Å². The van der Waals surface area contributed by atoms with Gasteiger partial charge in [-0.2, -0.15) is 0 Å². The van der Waals surface area contributed by atoms with E-state index >= 15 is 0 Å². The summed E-state index contributed by atoms with van der Waals surface area (Å²) in [6.07, 6.45) is 0.799. The number of benzene rings is 1. The van der Waals surface area contributed by atoms with Gasteiger partial charge in [0.2, 0.25) is 0 Å². The molecule has 4 nitrogen and oxygen atoms in total. The van der Waals surface area contributed by atoms with Gasteiger partial charge < -0.3 is 15.4 Å². The highest BCUT2D eigenvalue weighted by Crippen LogP contribution is 2.17. The molecule has 0 atom stereocenters. The van der Waals surface area contributed by atoms with Crippen LogP contribution in [0.15, 0.2) is 18.2 Å². The number of carbonyl (C=O) groups excluding carboxylic acids is 1. The molecule has 1 amide bonds. The van der Waals surface area contributed by atoms with Crippen LogP contribution in [0.5, 0.6) is 5.75 Å². The Bertz CT molecular complexity index is 405. The third-order valence-corrected chi connectivity index (χ3v) is 2.18. The molecule has 0 bridgehead atoms. The molecule has 0 aliphatic rings. The van der Waals surface area contributed by atoms with Crippen molar-refractivity contribution < 1.29 is 18.3 Å². The molecule has 1 aromatic rings. The van der Waals surface area contributed by atoms with Gasteiger partial charge in [-0.15, -0.1) is 12.4 Å². The Morgan fingerprint density at radius 3 is 2.68 bits per heavy atom. The molecule has 1 rings (SSSR count). The van der Waals surface area contributed by atoms with Crippen molar-refractivity contribution in [3.63, 3.8) is 0 Å². The van der Waals surface area contributed by atoms with E-state index in [0.717, 1.165) is 25.1 Å². The number of nitrogens with one attached hydrogen (secondary N) is 2. The molecule has 1 aromatic carbocycles. The number of rotatable bonds is 7. The monoisotopic (exact) mass is 294 g/mol. The van der Waals surface area contributed by atoms with Gasteiger partial charge in [0.05, 0.1) is 0 Å². The van der Waals surface area contributed by atoms with Crippen molar-refractivity contribution >= 4 is 18.3 Å². The van der Waals surface area contributed by atoms with Gasteiger partial charge in [0.15, 0.2) is 18.2 Å². The summed E-state index contributed by atoms with van der Waals surface area (Å²) in [6, 6.07) is 2.93. The van der Waals surface area contributed by atoms with Crippen LogP contribution in [-0.4, -0.2) is 32.7 Å². The largest absolute Gasteiger partial charge is 0.481 e. The van der Waals surface area contributed by atoms with Crippen LogP contribution in [-0.2, 0) is 4.79 Å². The highest BCUT2D eigenvalue weighted by molar-refractivity contribution is 5.85. The first kappa shape index (κ1) is 17.6. The van der Waals surface area contributed by atoms with E-state index in [4.69, 9.17) is 4.74 Å². The molecule has 0 saturated heterocycles. The van der Waals surface area contributed by atoms with E-state index in [9.17, 15) is 13.6 Å². The normalized spacial score (nSPS) is 9.63. The minimum Gasteiger partial charge on any atom is -0.481 e. The maximum atomic E-state index is 13.1. The maximum absolute atomic E-state index is 13.1. The number of hydrogen-bond acceptors (Lipinski definition) is 3. The van der Waals surface area contributed by atoms with E-state index < -0.39 is 11.6 Å². The molecule has 0 unspecified atom stereocenters. The minimum absolute atomic E-state index is 0. The lowest BCUT2D eigenvalue weighted by Crippen LogP contribution is -2.31. The molecule has 108 valence electrons. The van der Waals surface area contributed by atoms with Gasteiger partial charge in [-0.1, -0.05) is 0 Å². The van der Waals surface area contributed by atoms with Crippen LogP contribution < -0.4 is 15.4 Å². The van der Waals surface area contributed by atoms with Crippen LogP contribution >= 0.6 is 12.4 Å². The number of ether oxygens (including phenoxy) is 1. The summed E-state index contributed by atoms with van der Waals surface area (Å²) in [5.41, 5.74) is 0. The fraction of sp³-hybridized carbons (Fsp3) is 0.417. The SMILES string of the molecule is CNCCCNC(=O)COc1ccc(F)cc1F.Cl. The molecule has 0 aliphatic heterocycles. The van der Waals surface area contributed by atoms with Gasteiger partial charge >= 0.3 is 0 Å². The Kier molecular flexibility index (Phi) is 8.82. The zero-order chi connectivity index (χ0) is 13.4. The van der Waals surface area contributed by atoms with E-state index in [1.807, 2.05) is 7.05 Å². The lowest BCUT2D eigenvalue weighted by Gasteiger charge is -2.08. The Balaban J connectivity index is 0.00000324. The molecule has 0 radical (unpaired) electrons. The first-order valence-electron chi connectivity index (χ1n) is 5.62. The van der Waals surface area contributed by atoms with Crippen molar-refractivity contribution in [2.24, 2.45) is 0 Å². The highest BCUT2D eigenvalue weighted by atomic mass is 35.5. The minimum atomic E-state index is -0.821. The second-order valence-corrected chi connectivity index (χ2v) is 3.67. The van der Waals surface area contributed by atoms with Crippen LogP contribution in [0.3, 0.4) is 0 Å². The van der Waals surface area contributed by atoms with Gasteiger partial charge in [-0.25, -0.2) is 8.78 Å². The summed E-state index contributed by atoms with van der Waals surface area (Å²) in [4.78, 5) is 11.3. The van der Waals surface area contributed by atoms with Gasteiger partial charge in [0.25, 0.3) is 5.91 Å². The van der Waals surface area contributed by atoms with Crippen molar-refractivity contribution in [2.45, 2.75) is 6.42 Å². The van der Waals surface area contributed by atoms with E-state index in [0.29, 0.717) is 12.6 Å². The van der Waals surface area contributed by atoms with Crippen LogP contribution in [0.1, 0.15) is 6.42 Å². The van der Waals surface area contributed by atoms with E-state index in [1.165, 1.54) is 0 Å². The summed E-state index contributed by atoms with van der Waals surface area (Å²) in [6.45, 7) is 1.03. The number of carbonyl (C=O) groups is 1.